The second-order valence-electron chi connectivity index (χ2n) is 27.4. The Morgan fingerprint density at radius 2 is 1.13 bits per heavy atom. The Kier molecular flexibility index (Phi) is 19.3. The van der Waals surface area contributed by atoms with Crippen LogP contribution in [0.1, 0.15) is 142 Å². The van der Waals surface area contributed by atoms with E-state index in [1.54, 1.807) is 48.3 Å². The molecule has 0 spiro atoms. The number of H-pyrrole nitrogens is 1. The first kappa shape index (κ1) is 73.1. The van der Waals surface area contributed by atoms with Crippen molar-refractivity contribution < 1.29 is 86.8 Å². The number of aryl methyl sites for hydroxylation is 1. The first-order valence-corrected chi connectivity index (χ1v) is 34.1. The van der Waals surface area contributed by atoms with Gasteiger partial charge in [-0.25, -0.2) is 0 Å². The summed E-state index contributed by atoms with van der Waals surface area (Å²) in [5, 5.41) is 3.20. The molecule has 5 heterocycles. The van der Waals surface area contributed by atoms with Gasteiger partial charge in [0.15, 0.2) is 34.6 Å². The van der Waals surface area contributed by atoms with E-state index in [9.17, 15) is 72.7 Å². The summed E-state index contributed by atoms with van der Waals surface area (Å²) in [4.78, 5) is 89.8. The maximum absolute atomic E-state index is 13.9. The summed E-state index contributed by atoms with van der Waals surface area (Å²) in [5.74, 6) is -0.963. The van der Waals surface area contributed by atoms with Crippen molar-refractivity contribution in [3.8, 4) is 45.5 Å². The summed E-state index contributed by atoms with van der Waals surface area (Å²) in [7, 11) is 1.72. The number of ketones is 4. The van der Waals surface area contributed by atoms with Crippen LogP contribution in [0.4, 0.5) is 55.3 Å². The Morgan fingerprint density at radius 3 is 1.72 bits per heavy atom. The highest BCUT2D eigenvalue weighted by Gasteiger charge is 2.54. The number of carbonyl (C=O) groups excluding carboxylic acids is 5. The summed E-state index contributed by atoms with van der Waals surface area (Å²) >= 11 is 0. The van der Waals surface area contributed by atoms with Crippen molar-refractivity contribution in [1.29, 1.82) is 0 Å². The van der Waals surface area contributed by atoms with Crippen LogP contribution in [-0.4, -0.2) is 69.7 Å². The maximum atomic E-state index is 13.9. The fourth-order valence-corrected chi connectivity index (χ4v) is 13.9. The number of anilines is 2. The van der Waals surface area contributed by atoms with Crippen LogP contribution >= 0.6 is 0 Å². The van der Waals surface area contributed by atoms with Crippen LogP contribution in [0.25, 0.3) is 44.2 Å². The lowest BCUT2D eigenvalue weighted by atomic mass is 9.86. The van der Waals surface area contributed by atoms with Crippen molar-refractivity contribution in [3.05, 3.63) is 236 Å². The van der Waals surface area contributed by atoms with E-state index in [1.807, 2.05) is 73.7 Å². The highest BCUT2D eigenvalue weighted by molar-refractivity contribution is 6.07. The number of aromatic nitrogens is 3. The van der Waals surface area contributed by atoms with E-state index < -0.39 is 74.9 Å². The molecule has 0 unspecified atom stereocenters. The molecule has 3 aromatic heterocycles. The van der Waals surface area contributed by atoms with Crippen LogP contribution < -0.4 is 34.6 Å². The van der Waals surface area contributed by atoms with Crippen molar-refractivity contribution in [1.82, 2.24) is 15.0 Å². The first-order valence-electron chi connectivity index (χ1n) is 34.1. The molecule has 106 heavy (non-hydrogen) atoms. The van der Waals surface area contributed by atoms with Crippen LogP contribution in [0.2, 0.25) is 0 Å². The van der Waals surface area contributed by atoms with E-state index in [4.69, 9.17) is 9.97 Å². The summed E-state index contributed by atoms with van der Waals surface area (Å²) in [5.41, 5.74) is 1.56. The molecule has 0 bridgehead atoms. The summed E-state index contributed by atoms with van der Waals surface area (Å²) < 4.78 is 154. The molecule has 25 heteroatoms. The van der Waals surface area contributed by atoms with Gasteiger partial charge >= 0.3 is 24.9 Å². The summed E-state index contributed by atoms with van der Waals surface area (Å²) in [6.07, 6.45) is -9.78. The number of aromatic amines is 1. The smallest absolute Gasteiger partial charge is 0.395 e. The van der Waals surface area contributed by atoms with E-state index in [0.717, 1.165) is 88.9 Å². The van der Waals surface area contributed by atoms with Gasteiger partial charge in [-0.15, -0.1) is 17.6 Å². The predicted octanol–water partition coefficient (Wildman–Crippen LogP) is 18.5. The number of Topliss-reactive ketones (excluding diaryl/α,β-unsaturated/α-hetero) is 4. The van der Waals surface area contributed by atoms with E-state index in [2.05, 4.69) is 36.2 Å². The van der Waals surface area contributed by atoms with Gasteiger partial charge in [0.25, 0.3) is 5.91 Å². The van der Waals surface area contributed by atoms with E-state index in [1.165, 1.54) is 50.2 Å². The number of fused-ring (bicyclic) bond motifs is 4. The molecule has 15 rings (SSSR count). The molecule has 3 aliphatic carbocycles. The predicted molar refractivity (Wildman–Crippen MR) is 375 cm³/mol. The van der Waals surface area contributed by atoms with Crippen molar-refractivity contribution in [3.63, 3.8) is 0 Å². The summed E-state index contributed by atoms with van der Waals surface area (Å²) in [6, 6.07) is 43.7. The molecule has 5 aliphatic rings. The number of rotatable bonds is 16. The zero-order valence-electron chi connectivity index (χ0n) is 57.6. The fraction of sp³-hybridized carbons (Fsp3) is 0.284. The molecule has 3 fully saturated rings. The highest BCUT2D eigenvalue weighted by Crippen LogP contribution is 2.55. The van der Waals surface area contributed by atoms with Crippen molar-refractivity contribution in [2.45, 2.75) is 134 Å². The zero-order valence-corrected chi connectivity index (χ0v) is 57.6. The minimum Gasteiger partial charge on any atom is -0.395 e. The number of hydrogen-bond donors (Lipinski definition) is 2. The SMILES string of the molecule is CC(=O)c1ccc(-c2nc(CC(=O)C3(c4ccc5c(c4)OC(F)(F)O5)CC3)cc3ccccc23)cc1.CC(=O)c1cccc(-c2nc(CC(=O)C3(c4ccc5c(c4)OC(F)(F)O5)CC3)ccc2C)c1.CC1CCC(N(C)c2ccc(NC(=O)c3c[nH]c4cccc(C(F)(F)F)c4c3=O)c(C(F)(F)F)c2)CC1. The number of hydrogen-bond acceptors (Lipinski definition) is 13. The molecule has 0 saturated heterocycles. The van der Waals surface area contributed by atoms with E-state index in [0.29, 0.717) is 77.0 Å². The highest BCUT2D eigenvalue weighted by atomic mass is 19.4. The molecule has 546 valence electrons. The molecule has 3 saturated carbocycles. The molecular formula is C81H67F10N5O10. The van der Waals surface area contributed by atoms with Gasteiger partial charge < -0.3 is 34.1 Å². The number of alkyl halides is 10. The first-order chi connectivity index (χ1) is 50.2. The number of nitrogens with zero attached hydrogens (tertiary/aromatic N) is 3. The minimum absolute atomic E-state index is 0.0133. The Balaban J connectivity index is 0.000000141. The van der Waals surface area contributed by atoms with Gasteiger partial charge in [-0.2, -0.15) is 26.3 Å². The largest absolute Gasteiger partial charge is 0.586 e. The molecule has 15 nitrogen and oxygen atoms in total. The quantitative estimate of drug-likeness (QED) is 0.0685. The third-order valence-corrected chi connectivity index (χ3v) is 20.2. The van der Waals surface area contributed by atoms with Gasteiger partial charge in [-0.05, 0) is 173 Å². The average molecular weight is 1460 g/mol. The third-order valence-electron chi connectivity index (χ3n) is 20.2. The second-order valence-corrected chi connectivity index (χ2v) is 27.4. The van der Waals surface area contributed by atoms with E-state index in [-0.39, 0.29) is 70.5 Å². The normalized spacial score (nSPS) is 17.4. The molecule has 1 amide bonds. The Bertz CT molecular complexity index is 5230. The lowest BCUT2D eigenvalue weighted by molar-refractivity contribution is -0.287. The van der Waals surface area contributed by atoms with Gasteiger partial charge in [-0.1, -0.05) is 97.9 Å². The van der Waals surface area contributed by atoms with Crippen LogP contribution in [0.15, 0.2) is 175 Å². The third kappa shape index (κ3) is 15.2. The lowest BCUT2D eigenvalue weighted by Crippen LogP contribution is -2.35. The Morgan fingerprint density at radius 1 is 0.566 bits per heavy atom. The molecule has 2 N–H and O–H groups in total. The number of ether oxygens (including phenoxy) is 4. The number of halogens is 10. The topological polar surface area (TPSA) is 196 Å². The molecular weight excluding hydrogens is 1390 g/mol. The second kappa shape index (κ2) is 28.0. The number of amides is 1. The van der Waals surface area contributed by atoms with Gasteiger partial charge in [-0.3, -0.25) is 38.7 Å². The molecule has 0 atom stereocenters. The number of pyridine rings is 3. The standard InChI is InChI=1S/C29H21F2NO4.C26H25F6N3O2.C26H21F2NO4/c1-17(33)18-6-8-19(9-7-18)27-23-5-3-2-4-20(23)14-22(32-27)16-26(34)28(12-13-28)21-10-11-24-25(15-21)36-29(30,31)35-24;1-14-6-8-15(9-7-14)35(2)16-10-11-20(19(12-16)26(30,31)32)34-24(37)17-13-33-21-5-3-4-18(25(27,28)29)22(21)23(17)36;1-15-6-8-20(29-24(15)18-5-3-4-17(12-18)16(2)30)14-23(31)25(10-11-25)19-7-9-21-22(13-19)33-26(27,28)32-21/h2-11,14-15H,12-13,16H2,1H3;3-5,10-15H,6-9H2,1-2H3,(H,33,36)(H,34,37);3-9,12-13H,10-11,14H2,1-2H3. The van der Waals surface area contributed by atoms with Crippen LogP contribution in [0.3, 0.4) is 0 Å². The Hall–Kier alpha value is -11.2. The Labute approximate surface area is 599 Å². The molecule has 0 radical (unpaired) electrons. The van der Waals surface area contributed by atoms with Crippen molar-refractivity contribution in [2.24, 2.45) is 5.92 Å². The van der Waals surface area contributed by atoms with Crippen LogP contribution in [0, 0.1) is 12.8 Å². The zero-order chi connectivity index (χ0) is 75.6. The maximum Gasteiger partial charge on any atom is 0.586 e. The number of nitrogens with one attached hydrogen (secondary N) is 2. The number of carbonyl (C=O) groups is 5. The lowest BCUT2D eigenvalue weighted by Gasteiger charge is -2.35. The van der Waals surface area contributed by atoms with Gasteiger partial charge in [0.05, 0.1) is 44.4 Å². The minimum atomic E-state index is -4.87. The van der Waals surface area contributed by atoms with Gasteiger partial charge in [0.2, 0.25) is 5.43 Å². The van der Waals surface area contributed by atoms with Crippen LogP contribution in [-0.2, 0) is 45.6 Å². The fourth-order valence-electron chi connectivity index (χ4n) is 13.9. The molecule has 10 aromatic rings. The van der Waals surface area contributed by atoms with Crippen molar-refractivity contribution in [2.75, 3.05) is 17.3 Å². The van der Waals surface area contributed by atoms with Crippen LogP contribution in [0.5, 0.6) is 23.0 Å². The monoisotopic (exact) mass is 1460 g/mol. The average Bonchev–Trinajstić information content (AvgIpc) is 1.55. The number of benzene rings is 7. The van der Waals surface area contributed by atoms with Gasteiger partial charge in [0.1, 0.15) is 17.1 Å². The summed E-state index contributed by atoms with van der Waals surface area (Å²) in [6.45, 7) is 7.11. The molecule has 2 aliphatic heterocycles. The van der Waals surface area contributed by atoms with E-state index >= 15 is 0 Å². The van der Waals surface area contributed by atoms with Gasteiger partial charge in [0, 0.05) is 82.4 Å². The molecule has 7 aromatic carbocycles. The van der Waals surface area contributed by atoms with Crippen molar-refractivity contribution >= 4 is 62.1 Å².